The van der Waals surface area contributed by atoms with Crippen LogP contribution in [0.4, 0.5) is 11.4 Å². The van der Waals surface area contributed by atoms with Gasteiger partial charge in [0, 0.05) is 11.8 Å². The van der Waals surface area contributed by atoms with Crippen molar-refractivity contribution in [2.24, 2.45) is 0 Å². The monoisotopic (exact) mass is 498 g/mol. The van der Waals surface area contributed by atoms with Crippen LogP contribution in [-0.4, -0.2) is 40.6 Å². The van der Waals surface area contributed by atoms with Crippen molar-refractivity contribution >= 4 is 33.3 Å². The Bertz CT molecular complexity index is 1260. The summed E-state index contributed by atoms with van der Waals surface area (Å²) in [5.74, 6) is 0.164. The third kappa shape index (κ3) is 7.75. The molecule has 3 aromatic carbocycles. The number of rotatable bonds is 11. The average Bonchev–Trinajstić information content (AvgIpc) is 2.84. The highest BCUT2D eigenvalue weighted by atomic mass is 32.2. The van der Waals surface area contributed by atoms with E-state index in [1.54, 1.807) is 55.5 Å². The maximum atomic E-state index is 12.6. The van der Waals surface area contributed by atoms with Gasteiger partial charge >= 0.3 is 5.97 Å². The maximum absolute atomic E-state index is 12.6. The Morgan fingerprint density at radius 2 is 1.60 bits per heavy atom. The minimum Gasteiger partial charge on any atom is -0.497 e. The van der Waals surface area contributed by atoms with Gasteiger partial charge in [0.05, 0.1) is 30.7 Å². The van der Waals surface area contributed by atoms with Crippen LogP contribution in [0.2, 0.25) is 0 Å². The molecule has 0 radical (unpaired) electrons. The number of hydrogen-bond acceptors (Lipinski definition) is 7. The molecule has 3 rings (SSSR count). The molecule has 0 saturated carbocycles. The standard InChI is InChI=1S/C25H26N2O7S/c1-3-33-25(29)15-18-7-9-19(10-8-18)26-24(28)17-34-21-11-13-23(14-12-21)35(30,31)27-20-5-4-6-22(16-20)32-2/h4-14,16,27H,3,15,17H2,1-2H3,(H,26,28). The summed E-state index contributed by atoms with van der Waals surface area (Å²) in [7, 11) is -2.31. The Morgan fingerprint density at radius 1 is 0.886 bits per heavy atom. The lowest BCUT2D eigenvalue weighted by atomic mass is 10.1. The topological polar surface area (TPSA) is 120 Å². The summed E-state index contributed by atoms with van der Waals surface area (Å²) in [6, 6.07) is 19.1. The summed E-state index contributed by atoms with van der Waals surface area (Å²) in [5.41, 5.74) is 1.69. The molecule has 10 heteroatoms. The Labute approximate surface area is 204 Å². The first-order chi connectivity index (χ1) is 16.8. The summed E-state index contributed by atoms with van der Waals surface area (Å²) in [4.78, 5) is 23.8. The first-order valence-electron chi connectivity index (χ1n) is 10.7. The number of amides is 1. The summed E-state index contributed by atoms with van der Waals surface area (Å²) < 4.78 is 43.2. The Morgan fingerprint density at radius 3 is 2.26 bits per heavy atom. The fourth-order valence-corrected chi connectivity index (χ4v) is 4.10. The lowest BCUT2D eigenvalue weighted by Gasteiger charge is -2.11. The predicted molar refractivity (Wildman–Crippen MR) is 131 cm³/mol. The van der Waals surface area contributed by atoms with Crippen LogP contribution in [0.3, 0.4) is 0 Å². The minimum absolute atomic E-state index is 0.0417. The van der Waals surface area contributed by atoms with Crippen LogP contribution in [0.25, 0.3) is 0 Å². The second-order valence-corrected chi connectivity index (χ2v) is 9.01. The molecule has 9 nitrogen and oxygen atoms in total. The van der Waals surface area contributed by atoms with Gasteiger partial charge in [-0.2, -0.15) is 0 Å². The molecule has 0 atom stereocenters. The highest BCUT2D eigenvalue weighted by Gasteiger charge is 2.15. The van der Waals surface area contributed by atoms with E-state index in [0.29, 0.717) is 29.5 Å². The average molecular weight is 499 g/mol. The molecular formula is C25H26N2O7S. The maximum Gasteiger partial charge on any atom is 0.310 e. The highest BCUT2D eigenvalue weighted by molar-refractivity contribution is 7.92. The van der Waals surface area contributed by atoms with Gasteiger partial charge in [0.2, 0.25) is 0 Å². The summed E-state index contributed by atoms with van der Waals surface area (Å²) >= 11 is 0. The zero-order valence-corrected chi connectivity index (χ0v) is 20.1. The Kier molecular flexibility index (Phi) is 8.69. The van der Waals surface area contributed by atoms with E-state index in [-0.39, 0.29) is 29.8 Å². The van der Waals surface area contributed by atoms with Crippen molar-refractivity contribution in [3.05, 3.63) is 78.4 Å². The zero-order valence-electron chi connectivity index (χ0n) is 19.3. The van der Waals surface area contributed by atoms with Crippen LogP contribution in [0, 0.1) is 0 Å². The lowest BCUT2D eigenvalue weighted by Crippen LogP contribution is -2.20. The van der Waals surface area contributed by atoms with E-state index < -0.39 is 10.0 Å². The van der Waals surface area contributed by atoms with E-state index in [0.717, 1.165) is 5.56 Å². The molecule has 0 aliphatic rings. The molecule has 2 N–H and O–H groups in total. The van der Waals surface area contributed by atoms with Crippen LogP contribution < -0.4 is 19.5 Å². The quantitative estimate of drug-likeness (QED) is 0.388. The molecule has 0 heterocycles. The number of carbonyl (C=O) groups is 2. The summed E-state index contributed by atoms with van der Waals surface area (Å²) in [6.45, 7) is 1.81. The SMILES string of the molecule is CCOC(=O)Cc1ccc(NC(=O)COc2ccc(S(=O)(=O)Nc3cccc(OC)c3)cc2)cc1. The summed E-state index contributed by atoms with van der Waals surface area (Å²) in [5, 5.41) is 2.69. The van der Waals surface area contributed by atoms with Crippen LogP contribution in [0.1, 0.15) is 12.5 Å². The molecule has 0 aromatic heterocycles. The third-order valence-electron chi connectivity index (χ3n) is 4.72. The van der Waals surface area contributed by atoms with Gasteiger partial charge in [0.25, 0.3) is 15.9 Å². The van der Waals surface area contributed by atoms with Crippen LogP contribution in [0.5, 0.6) is 11.5 Å². The molecule has 35 heavy (non-hydrogen) atoms. The summed E-state index contributed by atoms with van der Waals surface area (Å²) in [6.07, 6.45) is 0.159. The lowest BCUT2D eigenvalue weighted by molar-refractivity contribution is -0.142. The van der Waals surface area contributed by atoms with Gasteiger partial charge in [-0.05, 0) is 61.0 Å². The molecule has 0 aliphatic heterocycles. The molecule has 184 valence electrons. The van der Waals surface area contributed by atoms with Crippen molar-refractivity contribution in [2.45, 2.75) is 18.2 Å². The zero-order chi connectivity index (χ0) is 25.3. The molecule has 0 unspecified atom stereocenters. The van der Waals surface area contributed by atoms with Crippen molar-refractivity contribution in [1.29, 1.82) is 0 Å². The largest absolute Gasteiger partial charge is 0.497 e. The number of methoxy groups -OCH3 is 1. The van der Waals surface area contributed by atoms with Crippen LogP contribution >= 0.6 is 0 Å². The first-order valence-corrected chi connectivity index (χ1v) is 12.2. The second kappa shape index (κ2) is 11.9. The van der Waals surface area contributed by atoms with Crippen molar-refractivity contribution in [1.82, 2.24) is 0 Å². The van der Waals surface area contributed by atoms with Gasteiger partial charge in [-0.1, -0.05) is 18.2 Å². The number of anilines is 2. The van der Waals surface area contributed by atoms with Crippen molar-refractivity contribution in [3.63, 3.8) is 0 Å². The smallest absolute Gasteiger partial charge is 0.310 e. The number of nitrogens with one attached hydrogen (secondary N) is 2. The molecule has 1 amide bonds. The van der Waals surface area contributed by atoms with E-state index in [1.165, 1.54) is 31.4 Å². The first kappa shape index (κ1) is 25.6. The van der Waals surface area contributed by atoms with Gasteiger partial charge in [0.1, 0.15) is 11.5 Å². The molecular weight excluding hydrogens is 472 g/mol. The molecule has 0 bridgehead atoms. The highest BCUT2D eigenvalue weighted by Crippen LogP contribution is 2.22. The Hall–Kier alpha value is -4.05. The van der Waals surface area contributed by atoms with Crippen molar-refractivity contribution in [2.75, 3.05) is 30.4 Å². The van der Waals surface area contributed by atoms with E-state index >= 15 is 0 Å². The van der Waals surface area contributed by atoms with Crippen LogP contribution in [0.15, 0.2) is 77.7 Å². The number of esters is 1. The number of benzene rings is 3. The van der Waals surface area contributed by atoms with Gasteiger partial charge in [-0.3, -0.25) is 14.3 Å². The van der Waals surface area contributed by atoms with E-state index in [4.69, 9.17) is 14.2 Å². The second-order valence-electron chi connectivity index (χ2n) is 7.32. The number of ether oxygens (including phenoxy) is 3. The van der Waals surface area contributed by atoms with Gasteiger partial charge in [-0.15, -0.1) is 0 Å². The Balaban J connectivity index is 1.51. The van der Waals surface area contributed by atoms with Gasteiger partial charge in [0.15, 0.2) is 6.61 Å². The van der Waals surface area contributed by atoms with Gasteiger partial charge < -0.3 is 19.5 Å². The van der Waals surface area contributed by atoms with Gasteiger partial charge in [-0.25, -0.2) is 8.42 Å². The van der Waals surface area contributed by atoms with Crippen molar-refractivity contribution < 1.29 is 32.2 Å². The van der Waals surface area contributed by atoms with E-state index in [9.17, 15) is 18.0 Å². The van der Waals surface area contributed by atoms with E-state index in [1.807, 2.05) is 0 Å². The molecule has 0 fully saturated rings. The fraction of sp³-hybridized carbons (Fsp3) is 0.200. The normalized spacial score (nSPS) is 10.8. The fourth-order valence-electron chi connectivity index (χ4n) is 3.05. The van der Waals surface area contributed by atoms with Crippen LogP contribution in [-0.2, 0) is 30.8 Å². The number of hydrogen-bond donors (Lipinski definition) is 2. The van der Waals surface area contributed by atoms with Crippen molar-refractivity contribution in [3.8, 4) is 11.5 Å². The third-order valence-corrected chi connectivity index (χ3v) is 6.11. The van der Waals surface area contributed by atoms with E-state index in [2.05, 4.69) is 10.0 Å². The number of carbonyl (C=O) groups excluding carboxylic acids is 2. The minimum atomic E-state index is -3.81. The molecule has 0 saturated heterocycles. The molecule has 0 aliphatic carbocycles. The number of sulfonamides is 1. The molecule has 0 spiro atoms. The molecule has 3 aromatic rings. The predicted octanol–water partition coefficient (Wildman–Crippen LogP) is 3.62.